The Labute approximate surface area is 164 Å². The standard InChI is InChI=1S/C20H24N4O4/c1-26-19(25)14-28-17-11-21-20(22-12-17)24-7-5-23(6-8-24)13-15-2-3-16-4-9-27-18(16)10-15/h2-3,10-12H,4-9,13-14H2,1H3. The van der Waals surface area contributed by atoms with Crippen molar-refractivity contribution in [1.82, 2.24) is 14.9 Å². The van der Waals surface area contributed by atoms with Crippen LogP contribution in [0, 0.1) is 0 Å². The highest BCUT2D eigenvalue weighted by Crippen LogP contribution is 2.27. The van der Waals surface area contributed by atoms with Gasteiger partial charge < -0.3 is 19.1 Å². The van der Waals surface area contributed by atoms with Crippen LogP contribution in [0.2, 0.25) is 0 Å². The second kappa shape index (κ2) is 8.43. The maximum atomic E-state index is 11.1. The van der Waals surface area contributed by atoms with Crippen molar-refractivity contribution in [2.75, 3.05) is 51.4 Å². The van der Waals surface area contributed by atoms with Crippen molar-refractivity contribution in [3.63, 3.8) is 0 Å². The molecule has 0 aliphatic carbocycles. The van der Waals surface area contributed by atoms with Crippen molar-refractivity contribution in [2.45, 2.75) is 13.0 Å². The van der Waals surface area contributed by atoms with Crippen molar-refractivity contribution in [1.29, 1.82) is 0 Å². The molecule has 1 fully saturated rings. The molecule has 0 unspecified atom stereocenters. The Morgan fingerprint density at radius 3 is 2.71 bits per heavy atom. The number of hydrogen-bond donors (Lipinski definition) is 0. The van der Waals surface area contributed by atoms with E-state index in [1.807, 2.05) is 0 Å². The number of hydrogen-bond acceptors (Lipinski definition) is 8. The van der Waals surface area contributed by atoms with Gasteiger partial charge in [0.25, 0.3) is 0 Å². The zero-order valence-electron chi connectivity index (χ0n) is 16.0. The Morgan fingerprint density at radius 2 is 1.96 bits per heavy atom. The lowest BCUT2D eigenvalue weighted by atomic mass is 10.1. The van der Waals surface area contributed by atoms with Crippen molar-refractivity contribution in [2.24, 2.45) is 0 Å². The summed E-state index contributed by atoms with van der Waals surface area (Å²) >= 11 is 0. The molecule has 0 bridgehead atoms. The number of carbonyl (C=O) groups is 1. The third-order valence-corrected chi connectivity index (χ3v) is 5.02. The molecule has 0 spiro atoms. The Bertz CT molecular complexity index is 819. The first kappa shape index (κ1) is 18.5. The van der Waals surface area contributed by atoms with Crippen LogP contribution in [0.1, 0.15) is 11.1 Å². The molecule has 0 N–H and O–H groups in total. The highest BCUT2D eigenvalue weighted by molar-refractivity contribution is 5.70. The van der Waals surface area contributed by atoms with Crippen molar-refractivity contribution >= 4 is 11.9 Å². The Balaban J connectivity index is 1.27. The van der Waals surface area contributed by atoms with E-state index in [1.54, 1.807) is 12.4 Å². The molecular formula is C20H24N4O4. The summed E-state index contributed by atoms with van der Waals surface area (Å²) in [5, 5.41) is 0. The predicted molar refractivity (Wildman–Crippen MR) is 103 cm³/mol. The molecule has 0 radical (unpaired) electrons. The quantitative estimate of drug-likeness (QED) is 0.690. The van der Waals surface area contributed by atoms with E-state index in [9.17, 15) is 4.79 Å². The number of anilines is 1. The fraction of sp³-hybridized carbons (Fsp3) is 0.450. The number of benzene rings is 1. The zero-order valence-corrected chi connectivity index (χ0v) is 16.0. The van der Waals surface area contributed by atoms with Crippen LogP contribution in [-0.2, 0) is 22.5 Å². The van der Waals surface area contributed by atoms with Crippen molar-refractivity contribution in [3.8, 4) is 11.5 Å². The topological polar surface area (TPSA) is 77.0 Å². The van der Waals surface area contributed by atoms with Crippen LogP contribution in [0.25, 0.3) is 0 Å². The summed E-state index contributed by atoms with van der Waals surface area (Å²) in [6.45, 7) is 5.19. The average molecular weight is 384 g/mol. The second-order valence-electron chi connectivity index (χ2n) is 6.89. The minimum atomic E-state index is -0.435. The van der Waals surface area contributed by atoms with Crippen LogP contribution in [0.15, 0.2) is 30.6 Å². The highest BCUT2D eigenvalue weighted by atomic mass is 16.6. The summed E-state index contributed by atoms with van der Waals surface area (Å²) in [7, 11) is 1.32. The lowest BCUT2D eigenvalue weighted by molar-refractivity contribution is -0.142. The van der Waals surface area contributed by atoms with E-state index in [0.717, 1.165) is 51.5 Å². The summed E-state index contributed by atoms with van der Waals surface area (Å²) < 4.78 is 15.5. The van der Waals surface area contributed by atoms with Gasteiger partial charge in [-0.1, -0.05) is 12.1 Å². The van der Waals surface area contributed by atoms with E-state index in [0.29, 0.717) is 11.7 Å². The number of rotatable bonds is 6. The van der Waals surface area contributed by atoms with Gasteiger partial charge in [0.2, 0.25) is 5.95 Å². The number of methoxy groups -OCH3 is 1. The van der Waals surface area contributed by atoms with Gasteiger partial charge in [-0.15, -0.1) is 0 Å². The number of piperazine rings is 1. The third-order valence-electron chi connectivity index (χ3n) is 5.02. The molecule has 0 amide bonds. The fourth-order valence-corrected chi connectivity index (χ4v) is 3.42. The van der Waals surface area contributed by atoms with Gasteiger partial charge in [-0.2, -0.15) is 0 Å². The zero-order chi connectivity index (χ0) is 19.3. The predicted octanol–water partition coefficient (Wildman–Crippen LogP) is 1.29. The minimum absolute atomic E-state index is 0.147. The molecule has 2 aliphatic heterocycles. The summed E-state index contributed by atoms with van der Waals surface area (Å²) in [6, 6.07) is 6.56. The van der Waals surface area contributed by atoms with Gasteiger partial charge in [0.05, 0.1) is 26.1 Å². The van der Waals surface area contributed by atoms with E-state index in [-0.39, 0.29) is 6.61 Å². The Morgan fingerprint density at radius 1 is 1.18 bits per heavy atom. The Kier molecular flexibility index (Phi) is 5.57. The van der Waals surface area contributed by atoms with E-state index < -0.39 is 5.97 Å². The van der Waals surface area contributed by atoms with Crippen LogP contribution < -0.4 is 14.4 Å². The average Bonchev–Trinajstić information content (AvgIpc) is 3.21. The number of esters is 1. The molecule has 4 rings (SSSR count). The summed E-state index contributed by atoms with van der Waals surface area (Å²) in [6.07, 6.45) is 4.19. The normalized spacial score (nSPS) is 16.4. The van der Waals surface area contributed by atoms with E-state index >= 15 is 0 Å². The molecule has 1 aromatic heterocycles. The first-order valence-corrected chi connectivity index (χ1v) is 9.45. The van der Waals surface area contributed by atoms with Gasteiger partial charge in [0.1, 0.15) is 5.75 Å². The first-order chi connectivity index (χ1) is 13.7. The van der Waals surface area contributed by atoms with Gasteiger partial charge in [-0.25, -0.2) is 14.8 Å². The van der Waals surface area contributed by atoms with Crippen LogP contribution in [0.4, 0.5) is 5.95 Å². The molecule has 8 nitrogen and oxygen atoms in total. The first-order valence-electron chi connectivity index (χ1n) is 9.45. The highest BCUT2D eigenvalue weighted by Gasteiger charge is 2.20. The van der Waals surface area contributed by atoms with Crippen molar-refractivity contribution in [3.05, 3.63) is 41.7 Å². The maximum Gasteiger partial charge on any atom is 0.343 e. The number of fused-ring (bicyclic) bond motifs is 1. The summed E-state index contributed by atoms with van der Waals surface area (Å²) in [5.41, 5.74) is 2.60. The van der Waals surface area contributed by atoms with Gasteiger partial charge in [0.15, 0.2) is 12.4 Å². The van der Waals surface area contributed by atoms with Gasteiger partial charge in [0, 0.05) is 39.1 Å². The molecule has 3 heterocycles. The monoisotopic (exact) mass is 384 g/mol. The van der Waals surface area contributed by atoms with Crippen LogP contribution >= 0.6 is 0 Å². The molecule has 28 heavy (non-hydrogen) atoms. The van der Waals surface area contributed by atoms with Crippen LogP contribution in [0.5, 0.6) is 11.5 Å². The SMILES string of the molecule is COC(=O)COc1cnc(N2CCN(Cc3ccc4c(c3)OCC4)CC2)nc1. The smallest absolute Gasteiger partial charge is 0.343 e. The van der Waals surface area contributed by atoms with E-state index in [4.69, 9.17) is 9.47 Å². The number of carbonyl (C=O) groups excluding carboxylic acids is 1. The molecule has 2 aromatic rings. The van der Waals surface area contributed by atoms with Crippen LogP contribution in [-0.4, -0.2) is 67.3 Å². The van der Waals surface area contributed by atoms with E-state index in [1.165, 1.54) is 18.2 Å². The molecule has 2 aliphatic rings. The minimum Gasteiger partial charge on any atom is -0.493 e. The molecule has 0 atom stereocenters. The number of nitrogens with zero attached hydrogens (tertiary/aromatic N) is 4. The molecule has 148 valence electrons. The largest absolute Gasteiger partial charge is 0.493 e. The summed E-state index contributed by atoms with van der Waals surface area (Å²) in [4.78, 5) is 24.4. The van der Waals surface area contributed by atoms with Crippen LogP contribution in [0.3, 0.4) is 0 Å². The van der Waals surface area contributed by atoms with E-state index in [2.05, 4.69) is 42.7 Å². The number of ether oxygens (including phenoxy) is 3. The Hall–Kier alpha value is -2.87. The van der Waals surface area contributed by atoms with Gasteiger partial charge in [-0.3, -0.25) is 4.90 Å². The lowest BCUT2D eigenvalue weighted by Gasteiger charge is -2.34. The maximum absolute atomic E-state index is 11.1. The summed E-state index contributed by atoms with van der Waals surface area (Å²) in [5.74, 6) is 1.73. The molecule has 0 saturated carbocycles. The molecule has 1 saturated heterocycles. The third kappa shape index (κ3) is 4.33. The lowest BCUT2D eigenvalue weighted by Crippen LogP contribution is -2.46. The second-order valence-corrected chi connectivity index (χ2v) is 6.89. The molecule has 1 aromatic carbocycles. The fourth-order valence-electron chi connectivity index (χ4n) is 3.42. The van der Waals surface area contributed by atoms with Crippen molar-refractivity contribution < 1.29 is 19.0 Å². The number of aromatic nitrogens is 2. The molecular weight excluding hydrogens is 360 g/mol. The van der Waals surface area contributed by atoms with Gasteiger partial charge >= 0.3 is 5.97 Å². The molecule has 8 heteroatoms. The van der Waals surface area contributed by atoms with Gasteiger partial charge in [-0.05, 0) is 17.2 Å².